The average Bonchev–Trinajstić information content (AvgIpc) is 2.52. The van der Waals surface area contributed by atoms with Crippen LogP contribution in [-0.2, 0) is 6.54 Å². The number of nitrogens with two attached hydrogens (primary N) is 1. The van der Waals surface area contributed by atoms with E-state index in [4.69, 9.17) is 10.5 Å². The third-order valence-electron chi connectivity index (χ3n) is 3.87. The summed E-state index contributed by atoms with van der Waals surface area (Å²) in [5.74, 6) is 0.902. The summed E-state index contributed by atoms with van der Waals surface area (Å²) < 4.78 is 5.32. The van der Waals surface area contributed by atoms with E-state index in [1.165, 1.54) is 11.1 Å². The van der Waals surface area contributed by atoms with Gasteiger partial charge in [-0.1, -0.05) is 31.2 Å². The van der Waals surface area contributed by atoms with Gasteiger partial charge in [-0.3, -0.25) is 4.90 Å². The van der Waals surface area contributed by atoms with Crippen molar-refractivity contribution in [3.63, 3.8) is 0 Å². The van der Waals surface area contributed by atoms with Crippen molar-refractivity contribution in [1.82, 2.24) is 4.90 Å². The number of hydrogen-bond donors (Lipinski definition) is 1. The van der Waals surface area contributed by atoms with Crippen LogP contribution in [0.25, 0.3) is 0 Å². The molecule has 0 aliphatic rings. The molecule has 0 amide bonds. The Kier molecular flexibility index (Phi) is 5.23. The lowest BCUT2D eigenvalue weighted by Gasteiger charge is -2.28. The van der Waals surface area contributed by atoms with Gasteiger partial charge in [0.05, 0.1) is 7.11 Å². The number of rotatable bonds is 6. The summed E-state index contributed by atoms with van der Waals surface area (Å²) >= 11 is 0. The maximum absolute atomic E-state index is 5.87. The highest BCUT2D eigenvalue weighted by molar-refractivity contribution is 5.40. The molecule has 3 nitrogen and oxygen atoms in total. The normalized spacial score (nSPS) is 12.4. The first-order chi connectivity index (χ1) is 10.1. The van der Waals surface area contributed by atoms with Crippen LogP contribution in [0.2, 0.25) is 0 Å². The fraction of sp³-hybridized carbons (Fsp3) is 0.333. The molecule has 0 fully saturated rings. The minimum absolute atomic E-state index is 0.325. The first-order valence-electron chi connectivity index (χ1n) is 7.36. The smallest absolute Gasteiger partial charge is 0.119 e. The van der Waals surface area contributed by atoms with Crippen molar-refractivity contribution in [3.05, 3.63) is 59.7 Å². The van der Waals surface area contributed by atoms with Gasteiger partial charge < -0.3 is 10.5 Å². The highest BCUT2D eigenvalue weighted by Gasteiger charge is 2.15. The highest BCUT2D eigenvalue weighted by Crippen LogP contribution is 2.25. The Morgan fingerprint density at radius 2 is 1.90 bits per heavy atom. The minimum atomic E-state index is 0.325. The molecule has 0 bridgehead atoms. The molecule has 0 spiro atoms. The highest BCUT2D eigenvalue weighted by atomic mass is 16.5. The van der Waals surface area contributed by atoms with Gasteiger partial charge in [-0.2, -0.15) is 0 Å². The summed E-state index contributed by atoms with van der Waals surface area (Å²) in [4.78, 5) is 2.42. The molecule has 3 heteroatoms. The van der Waals surface area contributed by atoms with Gasteiger partial charge in [-0.05, 0) is 48.9 Å². The molecule has 0 aromatic heterocycles. The van der Waals surface area contributed by atoms with Gasteiger partial charge in [0.15, 0.2) is 0 Å². The van der Waals surface area contributed by atoms with E-state index in [2.05, 4.69) is 36.9 Å². The van der Waals surface area contributed by atoms with Gasteiger partial charge in [0.25, 0.3) is 0 Å². The van der Waals surface area contributed by atoms with Crippen molar-refractivity contribution >= 4 is 5.69 Å². The van der Waals surface area contributed by atoms with Gasteiger partial charge in [0, 0.05) is 18.3 Å². The van der Waals surface area contributed by atoms with Crippen LogP contribution in [0.5, 0.6) is 5.75 Å². The maximum Gasteiger partial charge on any atom is 0.119 e. The van der Waals surface area contributed by atoms with E-state index in [0.717, 1.165) is 24.5 Å². The van der Waals surface area contributed by atoms with Gasteiger partial charge in [-0.15, -0.1) is 0 Å². The summed E-state index contributed by atoms with van der Waals surface area (Å²) in [5.41, 5.74) is 9.19. The van der Waals surface area contributed by atoms with Gasteiger partial charge in [-0.25, -0.2) is 0 Å². The lowest BCUT2D eigenvalue weighted by molar-refractivity contribution is 0.212. The molecular weight excluding hydrogens is 260 g/mol. The zero-order valence-electron chi connectivity index (χ0n) is 13.0. The molecular formula is C18H24N2O. The minimum Gasteiger partial charge on any atom is -0.497 e. The molecule has 2 N–H and O–H groups in total. The number of benzene rings is 2. The third kappa shape index (κ3) is 3.99. The van der Waals surface area contributed by atoms with Crippen molar-refractivity contribution < 1.29 is 4.74 Å². The number of anilines is 1. The summed E-state index contributed by atoms with van der Waals surface area (Å²) in [6.45, 7) is 6.28. The third-order valence-corrected chi connectivity index (χ3v) is 3.87. The lowest BCUT2D eigenvalue weighted by Crippen LogP contribution is -2.26. The SMILES string of the molecule is CCN(Cc1cccc(N)c1)C(C)c1cccc(OC)c1. The van der Waals surface area contributed by atoms with E-state index >= 15 is 0 Å². The molecule has 0 aliphatic heterocycles. The standard InChI is InChI=1S/C18H24N2O/c1-4-20(13-15-7-5-9-17(19)11-15)14(2)16-8-6-10-18(12-16)21-3/h5-12,14H,4,13,19H2,1-3H3. The van der Waals surface area contributed by atoms with Gasteiger partial charge in [0.1, 0.15) is 5.75 Å². The van der Waals surface area contributed by atoms with Crippen molar-refractivity contribution in [2.45, 2.75) is 26.4 Å². The molecule has 0 saturated heterocycles. The van der Waals surface area contributed by atoms with E-state index in [1.54, 1.807) is 7.11 Å². The van der Waals surface area contributed by atoms with Gasteiger partial charge in [0.2, 0.25) is 0 Å². The van der Waals surface area contributed by atoms with Crippen LogP contribution < -0.4 is 10.5 Å². The van der Waals surface area contributed by atoms with E-state index in [-0.39, 0.29) is 0 Å². The lowest BCUT2D eigenvalue weighted by atomic mass is 10.1. The topological polar surface area (TPSA) is 38.5 Å². The molecule has 0 radical (unpaired) electrons. The second-order valence-corrected chi connectivity index (χ2v) is 5.26. The Labute approximate surface area is 127 Å². The first-order valence-corrected chi connectivity index (χ1v) is 7.36. The Balaban J connectivity index is 2.16. The summed E-state index contributed by atoms with van der Waals surface area (Å²) in [7, 11) is 1.70. The summed E-state index contributed by atoms with van der Waals surface area (Å²) in [6.07, 6.45) is 0. The summed E-state index contributed by atoms with van der Waals surface area (Å²) in [6, 6.07) is 16.7. The van der Waals surface area contributed by atoms with Gasteiger partial charge >= 0.3 is 0 Å². The number of ether oxygens (including phenoxy) is 1. The van der Waals surface area contributed by atoms with Crippen molar-refractivity contribution in [2.24, 2.45) is 0 Å². The van der Waals surface area contributed by atoms with Crippen LogP contribution in [0.1, 0.15) is 31.0 Å². The molecule has 2 aromatic carbocycles. The number of nitrogen functional groups attached to an aromatic ring is 1. The van der Waals surface area contributed by atoms with Crippen LogP contribution in [0.3, 0.4) is 0 Å². The molecule has 0 saturated carbocycles. The van der Waals surface area contributed by atoms with Crippen LogP contribution in [0, 0.1) is 0 Å². The first kappa shape index (κ1) is 15.4. The predicted molar refractivity (Wildman–Crippen MR) is 88.3 cm³/mol. The Bertz CT molecular complexity index is 583. The van der Waals surface area contributed by atoms with Crippen molar-refractivity contribution in [1.29, 1.82) is 0 Å². The molecule has 1 unspecified atom stereocenters. The molecule has 1 atom stereocenters. The fourth-order valence-corrected chi connectivity index (χ4v) is 2.56. The quantitative estimate of drug-likeness (QED) is 0.819. The molecule has 112 valence electrons. The summed E-state index contributed by atoms with van der Waals surface area (Å²) in [5, 5.41) is 0. The van der Waals surface area contributed by atoms with Crippen LogP contribution in [-0.4, -0.2) is 18.6 Å². The predicted octanol–water partition coefficient (Wildman–Crippen LogP) is 3.86. The Morgan fingerprint density at radius 1 is 1.14 bits per heavy atom. The monoisotopic (exact) mass is 284 g/mol. The Morgan fingerprint density at radius 3 is 2.57 bits per heavy atom. The number of methoxy groups -OCH3 is 1. The van der Waals surface area contributed by atoms with E-state index < -0.39 is 0 Å². The zero-order valence-corrected chi connectivity index (χ0v) is 13.0. The molecule has 2 aromatic rings. The molecule has 2 rings (SSSR count). The van der Waals surface area contributed by atoms with E-state index in [9.17, 15) is 0 Å². The maximum atomic E-state index is 5.87. The van der Waals surface area contributed by atoms with Crippen LogP contribution in [0.4, 0.5) is 5.69 Å². The average molecular weight is 284 g/mol. The largest absolute Gasteiger partial charge is 0.497 e. The van der Waals surface area contributed by atoms with Crippen LogP contribution >= 0.6 is 0 Å². The fourth-order valence-electron chi connectivity index (χ4n) is 2.56. The van der Waals surface area contributed by atoms with Crippen molar-refractivity contribution in [3.8, 4) is 5.75 Å². The number of hydrogen-bond acceptors (Lipinski definition) is 3. The Hall–Kier alpha value is -2.00. The molecule has 21 heavy (non-hydrogen) atoms. The zero-order chi connectivity index (χ0) is 15.2. The number of nitrogens with zero attached hydrogens (tertiary/aromatic N) is 1. The van der Waals surface area contributed by atoms with Crippen LogP contribution in [0.15, 0.2) is 48.5 Å². The van der Waals surface area contributed by atoms with Crippen molar-refractivity contribution in [2.75, 3.05) is 19.4 Å². The second-order valence-electron chi connectivity index (χ2n) is 5.26. The molecule has 0 aliphatic carbocycles. The van der Waals surface area contributed by atoms with E-state index in [0.29, 0.717) is 6.04 Å². The van der Waals surface area contributed by atoms with E-state index in [1.807, 2.05) is 30.3 Å². The molecule has 0 heterocycles. The second kappa shape index (κ2) is 7.14.